The van der Waals surface area contributed by atoms with Crippen molar-refractivity contribution in [3.05, 3.63) is 35.4 Å². The number of nitrogens with zero attached hydrogens (tertiary/aromatic N) is 1. The second-order valence-electron chi connectivity index (χ2n) is 2.97. The van der Waals surface area contributed by atoms with E-state index in [-0.39, 0.29) is 11.5 Å². The van der Waals surface area contributed by atoms with Crippen LogP contribution in [0, 0.1) is 0 Å². The molecule has 0 saturated carbocycles. The first-order chi connectivity index (χ1) is 7.06. The highest BCUT2D eigenvalue weighted by Crippen LogP contribution is 2.06. The van der Waals surface area contributed by atoms with Gasteiger partial charge in [0.25, 0.3) is 5.91 Å². The molecule has 80 valence electrons. The smallest absolute Gasteiger partial charge is 0.335 e. The maximum Gasteiger partial charge on any atom is 0.335 e. The van der Waals surface area contributed by atoms with Crippen molar-refractivity contribution >= 4 is 11.9 Å². The van der Waals surface area contributed by atoms with Gasteiger partial charge >= 0.3 is 5.97 Å². The van der Waals surface area contributed by atoms with Crippen molar-refractivity contribution in [3.63, 3.8) is 0 Å². The van der Waals surface area contributed by atoms with Crippen LogP contribution in [0.3, 0.4) is 0 Å². The summed E-state index contributed by atoms with van der Waals surface area (Å²) in [6.07, 6.45) is 0. The van der Waals surface area contributed by atoms with Gasteiger partial charge in [-0.15, -0.1) is 0 Å². The average Bonchev–Trinajstić information content (AvgIpc) is 2.27. The van der Waals surface area contributed by atoms with E-state index in [9.17, 15) is 9.59 Å². The third-order valence-corrected chi connectivity index (χ3v) is 2.00. The number of hydrazine groups is 1. The van der Waals surface area contributed by atoms with Crippen molar-refractivity contribution in [2.45, 2.75) is 0 Å². The number of amides is 1. The van der Waals surface area contributed by atoms with Crippen molar-refractivity contribution in [3.8, 4) is 0 Å². The number of carboxylic acid groups (broad SMARTS) is 1. The molecule has 1 amide bonds. The van der Waals surface area contributed by atoms with Crippen LogP contribution in [-0.2, 0) is 0 Å². The molecule has 1 aromatic carbocycles. The Morgan fingerprint density at radius 1 is 1.33 bits per heavy atom. The van der Waals surface area contributed by atoms with Crippen LogP contribution >= 0.6 is 0 Å². The highest BCUT2D eigenvalue weighted by atomic mass is 16.4. The molecule has 0 aromatic heterocycles. The van der Waals surface area contributed by atoms with E-state index in [1.807, 2.05) is 0 Å². The van der Waals surface area contributed by atoms with Crippen molar-refractivity contribution in [1.82, 2.24) is 10.4 Å². The van der Waals surface area contributed by atoms with E-state index in [1.54, 1.807) is 26.2 Å². The Kier molecular flexibility index (Phi) is 3.41. The third kappa shape index (κ3) is 2.54. The highest BCUT2D eigenvalue weighted by molar-refractivity contribution is 5.97. The molecule has 0 spiro atoms. The van der Waals surface area contributed by atoms with Gasteiger partial charge in [-0.25, -0.2) is 10.2 Å². The number of carbonyl (C=O) groups excluding carboxylic acids is 1. The van der Waals surface area contributed by atoms with Crippen molar-refractivity contribution in [2.75, 3.05) is 14.1 Å². The Balaban J connectivity index is 3.00. The Bertz CT molecular complexity index is 390. The summed E-state index contributed by atoms with van der Waals surface area (Å²) in [6, 6.07) is 5.90. The molecule has 5 heteroatoms. The number of rotatable bonds is 3. The van der Waals surface area contributed by atoms with Gasteiger partial charge in [0.15, 0.2) is 0 Å². The first-order valence-corrected chi connectivity index (χ1v) is 4.35. The van der Waals surface area contributed by atoms with Gasteiger partial charge < -0.3 is 5.11 Å². The van der Waals surface area contributed by atoms with Crippen LogP contribution in [0.2, 0.25) is 0 Å². The topological polar surface area (TPSA) is 69.6 Å². The predicted molar refractivity (Wildman–Crippen MR) is 54.6 cm³/mol. The normalized spacial score (nSPS) is 9.73. The molecule has 0 unspecified atom stereocenters. The molecule has 1 aromatic rings. The summed E-state index contributed by atoms with van der Waals surface area (Å²) >= 11 is 0. The monoisotopic (exact) mass is 208 g/mol. The van der Waals surface area contributed by atoms with Crippen molar-refractivity contribution < 1.29 is 14.7 Å². The molecule has 0 aliphatic carbocycles. The average molecular weight is 208 g/mol. The lowest BCUT2D eigenvalue weighted by Gasteiger charge is -2.15. The maximum atomic E-state index is 11.6. The summed E-state index contributed by atoms with van der Waals surface area (Å²) < 4.78 is 0. The van der Waals surface area contributed by atoms with Crippen LogP contribution in [0.5, 0.6) is 0 Å². The summed E-state index contributed by atoms with van der Waals surface area (Å²) in [5, 5.41) is 10.0. The second-order valence-corrected chi connectivity index (χ2v) is 2.97. The molecule has 1 rings (SSSR count). The molecule has 0 saturated heterocycles. The quantitative estimate of drug-likeness (QED) is 0.713. The summed E-state index contributed by atoms with van der Waals surface area (Å²) in [6.45, 7) is 0. The van der Waals surface area contributed by atoms with E-state index < -0.39 is 5.97 Å². The van der Waals surface area contributed by atoms with E-state index in [4.69, 9.17) is 5.11 Å². The first kappa shape index (κ1) is 11.2. The third-order valence-electron chi connectivity index (χ3n) is 2.00. The molecule has 15 heavy (non-hydrogen) atoms. The zero-order valence-corrected chi connectivity index (χ0v) is 8.52. The lowest BCUT2D eigenvalue weighted by Crippen LogP contribution is -2.36. The van der Waals surface area contributed by atoms with Crippen LogP contribution in [0.1, 0.15) is 20.7 Å². The van der Waals surface area contributed by atoms with Crippen LogP contribution in [-0.4, -0.2) is 36.1 Å². The van der Waals surface area contributed by atoms with Crippen LogP contribution in [0.15, 0.2) is 24.3 Å². The fourth-order valence-corrected chi connectivity index (χ4v) is 1.08. The molecular formula is C10H12N2O3. The summed E-state index contributed by atoms with van der Waals surface area (Å²) in [5.41, 5.74) is 3.09. The van der Waals surface area contributed by atoms with Gasteiger partial charge in [0.05, 0.1) is 5.56 Å². The molecule has 0 aliphatic rings. The standard InChI is InChI=1S/C10H12N2O3/c1-11-12(2)9(13)7-4-3-5-8(6-7)10(14)15/h3-6,11H,1-2H3,(H,14,15). The minimum atomic E-state index is -1.04. The van der Waals surface area contributed by atoms with E-state index in [1.165, 1.54) is 17.1 Å². The molecule has 2 N–H and O–H groups in total. The van der Waals surface area contributed by atoms with Gasteiger partial charge in [-0.3, -0.25) is 9.80 Å². The van der Waals surface area contributed by atoms with E-state index >= 15 is 0 Å². The maximum absolute atomic E-state index is 11.6. The zero-order chi connectivity index (χ0) is 11.4. The van der Waals surface area contributed by atoms with Gasteiger partial charge in [-0.1, -0.05) is 6.07 Å². The van der Waals surface area contributed by atoms with Gasteiger partial charge in [-0.2, -0.15) is 0 Å². The summed E-state index contributed by atoms with van der Waals surface area (Å²) in [5.74, 6) is -1.32. The molecule has 0 bridgehead atoms. The van der Waals surface area contributed by atoms with Crippen molar-refractivity contribution in [2.24, 2.45) is 0 Å². The van der Waals surface area contributed by atoms with Crippen LogP contribution < -0.4 is 5.43 Å². The van der Waals surface area contributed by atoms with Gasteiger partial charge in [0.1, 0.15) is 0 Å². The Morgan fingerprint density at radius 3 is 2.47 bits per heavy atom. The number of carbonyl (C=O) groups is 2. The predicted octanol–water partition coefficient (Wildman–Crippen LogP) is 0.591. The minimum absolute atomic E-state index is 0.102. The van der Waals surface area contributed by atoms with E-state index in [2.05, 4.69) is 5.43 Å². The molecular weight excluding hydrogens is 196 g/mol. The molecule has 0 radical (unpaired) electrons. The molecule has 5 nitrogen and oxygen atoms in total. The van der Waals surface area contributed by atoms with Crippen LogP contribution in [0.25, 0.3) is 0 Å². The molecule has 0 fully saturated rings. The SMILES string of the molecule is CNN(C)C(=O)c1cccc(C(=O)O)c1. The van der Waals surface area contributed by atoms with Gasteiger partial charge in [0.2, 0.25) is 0 Å². The largest absolute Gasteiger partial charge is 0.478 e. The number of hydrogen-bond acceptors (Lipinski definition) is 3. The Morgan fingerprint density at radius 2 is 1.93 bits per heavy atom. The zero-order valence-electron chi connectivity index (χ0n) is 8.52. The molecule has 0 heterocycles. The number of aromatic carboxylic acids is 1. The molecule has 0 atom stereocenters. The van der Waals surface area contributed by atoms with Crippen molar-refractivity contribution in [1.29, 1.82) is 0 Å². The summed E-state index contributed by atoms with van der Waals surface area (Å²) in [7, 11) is 3.18. The second kappa shape index (κ2) is 4.56. The Hall–Kier alpha value is -1.88. The summed E-state index contributed by atoms with van der Waals surface area (Å²) in [4.78, 5) is 22.3. The fraction of sp³-hybridized carbons (Fsp3) is 0.200. The lowest BCUT2D eigenvalue weighted by atomic mass is 10.1. The van der Waals surface area contributed by atoms with Gasteiger partial charge in [0, 0.05) is 19.7 Å². The molecule has 0 aliphatic heterocycles. The minimum Gasteiger partial charge on any atom is -0.478 e. The lowest BCUT2D eigenvalue weighted by molar-refractivity contribution is 0.0697. The number of nitrogens with one attached hydrogen (secondary N) is 1. The van der Waals surface area contributed by atoms with Gasteiger partial charge in [-0.05, 0) is 18.2 Å². The van der Waals surface area contributed by atoms with E-state index in [0.29, 0.717) is 5.56 Å². The highest BCUT2D eigenvalue weighted by Gasteiger charge is 2.12. The number of hydrogen-bond donors (Lipinski definition) is 2. The first-order valence-electron chi connectivity index (χ1n) is 4.35. The fourth-order valence-electron chi connectivity index (χ4n) is 1.08. The number of carboxylic acids is 1. The Labute approximate surface area is 87.3 Å². The van der Waals surface area contributed by atoms with Crippen LogP contribution in [0.4, 0.5) is 0 Å². The van der Waals surface area contributed by atoms with E-state index in [0.717, 1.165) is 0 Å². The number of benzene rings is 1.